The van der Waals surface area contributed by atoms with Crippen molar-refractivity contribution < 1.29 is 19.1 Å². The van der Waals surface area contributed by atoms with Gasteiger partial charge in [-0.05, 0) is 25.0 Å². The van der Waals surface area contributed by atoms with Crippen molar-refractivity contribution >= 4 is 17.6 Å². The summed E-state index contributed by atoms with van der Waals surface area (Å²) in [6, 6.07) is 17.3. The topological polar surface area (TPSA) is 84.9 Å². The Hall–Kier alpha value is -3.94. The lowest BCUT2D eigenvalue weighted by atomic mass is 10.0. The molecule has 2 aromatic carbocycles. The minimum absolute atomic E-state index is 0.0942. The Morgan fingerprint density at radius 3 is 2.25 bits per heavy atom. The van der Waals surface area contributed by atoms with E-state index in [0.717, 1.165) is 17.0 Å². The molecule has 0 spiro atoms. The Bertz CT molecular complexity index is 1220. The van der Waals surface area contributed by atoms with E-state index in [1.807, 2.05) is 68.4 Å². The molecule has 0 unspecified atom stereocenters. The third-order valence-corrected chi connectivity index (χ3v) is 6.19. The molecule has 1 aliphatic heterocycles. The number of amides is 1. The van der Waals surface area contributed by atoms with Crippen LogP contribution in [0.4, 0.5) is 5.69 Å². The largest absolute Gasteiger partial charge is 0.495 e. The molecule has 8 heteroatoms. The number of aromatic nitrogens is 2. The van der Waals surface area contributed by atoms with Crippen molar-refractivity contribution in [3.8, 4) is 17.1 Å². The van der Waals surface area contributed by atoms with Gasteiger partial charge in [-0.15, -0.1) is 0 Å². The minimum Gasteiger partial charge on any atom is -0.495 e. The summed E-state index contributed by atoms with van der Waals surface area (Å²) in [7, 11) is 1.65. The van der Waals surface area contributed by atoms with Gasteiger partial charge in [-0.25, -0.2) is 14.8 Å². The molecule has 0 atom stereocenters. The van der Waals surface area contributed by atoms with E-state index in [0.29, 0.717) is 37.7 Å². The van der Waals surface area contributed by atoms with Gasteiger partial charge in [-0.1, -0.05) is 56.3 Å². The van der Waals surface area contributed by atoms with Crippen LogP contribution in [0.1, 0.15) is 53.2 Å². The summed E-state index contributed by atoms with van der Waals surface area (Å²) in [5, 5.41) is 0. The highest BCUT2D eigenvalue weighted by Crippen LogP contribution is 2.30. The van der Waals surface area contributed by atoms with Crippen LogP contribution < -0.4 is 9.64 Å². The maximum atomic E-state index is 13.8. The van der Waals surface area contributed by atoms with Gasteiger partial charge in [0.2, 0.25) is 0 Å². The number of methoxy groups -OCH3 is 1. The first-order chi connectivity index (χ1) is 17.4. The molecule has 36 heavy (non-hydrogen) atoms. The average molecular weight is 489 g/mol. The predicted octanol–water partition coefficient (Wildman–Crippen LogP) is 4.41. The molecule has 0 bridgehead atoms. The number of carbonyl (C=O) groups excluding carboxylic acids is 2. The third-order valence-electron chi connectivity index (χ3n) is 6.19. The number of hydrogen-bond acceptors (Lipinski definition) is 7. The van der Waals surface area contributed by atoms with Gasteiger partial charge in [0.25, 0.3) is 5.91 Å². The Morgan fingerprint density at radius 2 is 1.61 bits per heavy atom. The Balaban J connectivity index is 1.69. The number of esters is 1. The van der Waals surface area contributed by atoms with Crippen molar-refractivity contribution in [3.63, 3.8) is 0 Å². The van der Waals surface area contributed by atoms with Crippen LogP contribution in [-0.4, -0.2) is 66.6 Å². The highest BCUT2D eigenvalue weighted by Gasteiger charge is 2.32. The van der Waals surface area contributed by atoms with E-state index in [1.165, 1.54) is 0 Å². The summed E-state index contributed by atoms with van der Waals surface area (Å²) in [6.45, 7) is 8.07. The number of anilines is 1. The molecule has 4 rings (SSSR count). The number of ether oxygens (including phenoxy) is 2. The van der Waals surface area contributed by atoms with Gasteiger partial charge >= 0.3 is 5.97 Å². The van der Waals surface area contributed by atoms with Gasteiger partial charge in [0.05, 0.1) is 25.1 Å². The summed E-state index contributed by atoms with van der Waals surface area (Å²) in [5.41, 5.74) is 2.54. The van der Waals surface area contributed by atoms with Crippen LogP contribution in [0.2, 0.25) is 0 Å². The fourth-order valence-corrected chi connectivity index (χ4v) is 4.36. The van der Waals surface area contributed by atoms with E-state index >= 15 is 0 Å². The summed E-state index contributed by atoms with van der Waals surface area (Å²) in [4.78, 5) is 40.2. The summed E-state index contributed by atoms with van der Waals surface area (Å²) in [6.07, 6.45) is 0. The van der Waals surface area contributed by atoms with Crippen molar-refractivity contribution in [2.24, 2.45) is 0 Å². The number of hydrogen-bond donors (Lipinski definition) is 0. The van der Waals surface area contributed by atoms with Crippen molar-refractivity contribution in [2.75, 3.05) is 44.8 Å². The summed E-state index contributed by atoms with van der Waals surface area (Å²) < 4.78 is 10.8. The number of piperazine rings is 1. The van der Waals surface area contributed by atoms with Crippen molar-refractivity contribution in [3.05, 3.63) is 71.5 Å². The fourth-order valence-electron chi connectivity index (χ4n) is 4.36. The molecule has 1 saturated heterocycles. The van der Waals surface area contributed by atoms with Gasteiger partial charge in [-0.2, -0.15) is 0 Å². The van der Waals surface area contributed by atoms with Gasteiger partial charge < -0.3 is 19.3 Å². The standard InChI is InChI=1S/C28H32N4O4/c1-5-36-28(34)23-24(19(2)3)29-26(20-11-7-6-8-12-20)30-25(23)27(33)32-17-15-31(16-18-32)21-13-9-10-14-22(21)35-4/h6-14,19H,5,15-18H2,1-4H3. The number of rotatable bonds is 7. The SMILES string of the molecule is CCOC(=O)c1c(C(=O)N2CCN(c3ccccc3OC)CC2)nc(-c2ccccc2)nc1C(C)C. The Labute approximate surface area is 211 Å². The van der Waals surface area contributed by atoms with Crippen molar-refractivity contribution in [2.45, 2.75) is 26.7 Å². The van der Waals surface area contributed by atoms with Crippen LogP contribution in [0, 0.1) is 0 Å². The molecule has 0 N–H and O–H groups in total. The highest BCUT2D eigenvalue weighted by molar-refractivity contribution is 6.05. The van der Waals surface area contributed by atoms with Crippen LogP contribution in [0.25, 0.3) is 11.4 Å². The lowest BCUT2D eigenvalue weighted by molar-refractivity contribution is 0.0514. The molecule has 1 amide bonds. The first kappa shape index (κ1) is 25.2. The number of benzene rings is 2. The Morgan fingerprint density at radius 1 is 0.944 bits per heavy atom. The van der Waals surface area contributed by atoms with Crippen LogP contribution in [-0.2, 0) is 4.74 Å². The van der Waals surface area contributed by atoms with Gasteiger partial charge in [0, 0.05) is 31.7 Å². The van der Waals surface area contributed by atoms with Crippen LogP contribution in [0.5, 0.6) is 5.75 Å². The zero-order chi connectivity index (χ0) is 25.7. The monoisotopic (exact) mass is 488 g/mol. The minimum atomic E-state index is -0.572. The molecule has 2 heterocycles. The Kier molecular flexibility index (Phi) is 7.83. The molecule has 3 aromatic rings. The zero-order valence-electron chi connectivity index (χ0n) is 21.2. The van der Waals surface area contributed by atoms with E-state index in [9.17, 15) is 9.59 Å². The van der Waals surface area contributed by atoms with E-state index in [2.05, 4.69) is 9.88 Å². The van der Waals surface area contributed by atoms with Crippen molar-refractivity contribution in [1.82, 2.24) is 14.9 Å². The second kappa shape index (κ2) is 11.2. The van der Waals surface area contributed by atoms with Crippen molar-refractivity contribution in [1.29, 1.82) is 0 Å². The van der Waals surface area contributed by atoms with Crippen LogP contribution in [0.3, 0.4) is 0 Å². The molecule has 1 fully saturated rings. The van der Waals surface area contributed by atoms with Gasteiger partial charge in [0.1, 0.15) is 17.0 Å². The molecule has 188 valence electrons. The van der Waals surface area contributed by atoms with E-state index in [-0.39, 0.29) is 29.7 Å². The number of para-hydroxylation sites is 2. The van der Waals surface area contributed by atoms with Gasteiger partial charge in [0.15, 0.2) is 5.82 Å². The zero-order valence-corrected chi connectivity index (χ0v) is 21.2. The molecule has 0 radical (unpaired) electrons. The highest BCUT2D eigenvalue weighted by atomic mass is 16.5. The maximum Gasteiger partial charge on any atom is 0.342 e. The molecular formula is C28H32N4O4. The first-order valence-electron chi connectivity index (χ1n) is 12.3. The van der Waals surface area contributed by atoms with E-state index in [1.54, 1.807) is 18.9 Å². The molecule has 1 aromatic heterocycles. The first-order valence-corrected chi connectivity index (χ1v) is 12.3. The van der Waals surface area contributed by atoms with E-state index < -0.39 is 5.97 Å². The van der Waals surface area contributed by atoms with Crippen LogP contribution in [0.15, 0.2) is 54.6 Å². The smallest absolute Gasteiger partial charge is 0.342 e. The average Bonchev–Trinajstić information content (AvgIpc) is 2.92. The lowest BCUT2D eigenvalue weighted by Crippen LogP contribution is -2.49. The quantitative estimate of drug-likeness (QED) is 0.455. The van der Waals surface area contributed by atoms with Gasteiger partial charge in [-0.3, -0.25) is 4.79 Å². The molecule has 0 saturated carbocycles. The number of nitrogens with zero attached hydrogens (tertiary/aromatic N) is 4. The lowest BCUT2D eigenvalue weighted by Gasteiger charge is -2.36. The molecule has 1 aliphatic rings. The number of carbonyl (C=O) groups is 2. The van der Waals surface area contributed by atoms with Crippen LogP contribution >= 0.6 is 0 Å². The second-order valence-corrected chi connectivity index (χ2v) is 8.85. The third kappa shape index (κ3) is 5.17. The molecular weight excluding hydrogens is 456 g/mol. The second-order valence-electron chi connectivity index (χ2n) is 8.85. The maximum absolute atomic E-state index is 13.8. The normalized spacial score (nSPS) is 13.6. The molecule has 8 nitrogen and oxygen atoms in total. The predicted molar refractivity (Wildman–Crippen MR) is 139 cm³/mol. The summed E-state index contributed by atoms with van der Waals surface area (Å²) in [5.74, 6) is 0.245. The fraction of sp³-hybridized carbons (Fsp3) is 0.357. The summed E-state index contributed by atoms with van der Waals surface area (Å²) >= 11 is 0. The van der Waals surface area contributed by atoms with E-state index in [4.69, 9.17) is 14.5 Å². The molecule has 0 aliphatic carbocycles.